The SMILES string of the molecule is C=CC(C)C1CC(=O)N(CCOS(=O)(=O)c2ccc(C)cc2)C1=O. The zero-order chi connectivity index (χ0) is 17.9. The fourth-order valence-electron chi connectivity index (χ4n) is 2.53. The molecular formula is C17H21NO5S. The Morgan fingerprint density at radius 3 is 2.54 bits per heavy atom. The number of aryl methyl sites for hydroxylation is 1. The number of allylic oxidation sites excluding steroid dienone is 1. The van der Waals surface area contributed by atoms with Gasteiger partial charge in [0.15, 0.2) is 0 Å². The highest BCUT2D eigenvalue weighted by Gasteiger charge is 2.40. The highest BCUT2D eigenvalue weighted by atomic mass is 32.2. The number of likely N-dealkylation sites (tertiary alicyclic amines) is 1. The van der Waals surface area contributed by atoms with Crippen molar-refractivity contribution in [1.82, 2.24) is 4.90 Å². The van der Waals surface area contributed by atoms with E-state index in [4.69, 9.17) is 4.18 Å². The number of carbonyl (C=O) groups excluding carboxylic acids is 2. The second-order valence-electron chi connectivity index (χ2n) is 5.88. The largest absolute Gasteiger partial charge is 0.297 e. The van der Waals surface area contributed by atoms with Gasteiger partial charge < -0.3 is 0 Å². The smallest absolute Gasteiger partial charge is 0.280 e. The molecule has 1 aliphatic heterocycles. The molecule has 130 valence electrons. The molecule has 2 atom stereocenters. The molecule has 1 saturated heterocycles. The molecular weight excluding hydrogens is 330 g/mol. The molecule has 1 heterocycles. The maximum absolute atomic E-state index is 12.2. The van der Waals surface area contributed by atoms with Gasteiger partial charge in [0.25, 0.3) is 10.1 Å². The van der Waals surface area contributed by atoms with Gasteiger partial charge in [-0.25, -0.2) is 0 Å². The van der Waals surface area contributed by atoms with Gasteiger partial charge in [-0.3, -0.25) is 18.7 Å². The van der Waals surface area contributed by atoms with E-state index >= 15 is 0 Å². The van der Waals surface area contributed by atoms with Gasteiger partial charge in [0.1, 0.15) is 0 Å². The third-order valence-electron chi connectivity index (χ3n) is 4.15. The third-order valence-corrected chi connectivity index (χ3v) is 5.47. The number of nitrogens with zero attached hydrogens (tertiary/aromatic N) is 1. The summed E-state index contributed by atoms with van der Waals surface area (Å²) in [6.45, 7) is 6.97. The van der Waals surface area contributed by atoms with Gasteiger partial charge in [-0.1, -0.05) is 30.7 Å². The maximum Gasteiger partial charge on any atom is 0.297 e. The van der Waals surface area contributed by atoms with Crippen LogP contribution in [0.5, 0.6) is 0 Å². The number of benzene rings is 1. The molecule has 0 radical (unpaired) electrons. The van der Waals surface area contributed by atoms with Crippen molar-refractivity contribution in [2.45, 2.75) is 25.2 Å². The lowest BCUT2D eigenvalue weighted by Crippen LogP contribution is -2.35. The molecule has 7 heteroatoms. The predicted molar refractivity (Wildman–Crippen MR) is 88.5 cm³/mol. The highest BCUT2D eigenvalue weighted by molar-refractivity contribution is 7.86. The van der Waals surface area contributed by atoms with Gasteiger partial charge in [-0.05, 0) is 25.0 Å². The summed E-state index contributed by atoms with van der Waals surface area (Å²) in [5.41, 5.74) is 0.935. The summed E-state index contributed by atoms with van der Waals surface area (Å²) in [7, 11) is -3.90. The van der Waals surface area contributed by atoms with Crippen molar-refractivity contribution in [2.24, 2.45) is 11.8 Å². The van der Waals surface area contributed by atoms with Crippen molar-refractivity contribution in [3.63, 3.8) is 0 Å². The fourth-order valence-corrected chi connectivity index (χ4v) is 3.43. The predicted octanol–water partition coefficient (Wildman–Crippen LogP) is 1.90. The van der Waals surface area contributed by atoms with E-state index in [9.17, 15) is 18.0 Å². The average molecular weight is 351 g/mol. The van der Waals surface area contributed by atoms with Crippen LogP contribution in [0.3, 0.4) is 0 Å². The van der Waals surface area contributed by atoms with E-state index in [0.717, 1.165) is 10.5 Å². The molecule has 6 nitrogen and oxygen atoms in total. The van der Waals surface area contributed by atoms with Gasteiger partial charge in [0.2, 0.25) is 11.8 Å². The molecule has 24 heavy (non-hydrogen) atoms. The summed E-state index contributed by atoms with van der Waals surface area (Å²) >= 11 is 0. The van der Waals surface area contributed by atoms with E-state index in [1.807, 2.05) is 13.8 Å². The van der Waals surface area contributed by atoms with Gasteiger partial charge >= 0.3 is 0 Å². The quantitative estimate of drug-likeness (QED) is 0.426. The van der Waals surface area contributed by atoms with Crippen LogP contribution in [0, 0.1) is 18.8 Å². The third kappa shape index (κ3) is 3.91. The summed E-state index contributed by atoms with van der Waals surface area (Å²) in [4.78, 5) is 25.3. The van der Waals surface area contributed by atoms with Crippen LogP contribution < -0.4 is 0 Å². The van der Waals surface area contributed by atoms with E-state index in [2.05, 4.69) is 6.58 Å². The second kappa shape index (κ2) is 7.27. The molecule has 2 rings (SSSR count). The Morgan fingerprint density at radius 1 is 1.33 bits per heavy atom. The van der Waals surface area contributed by atoms with Crippen molar-refractivity contribution >= 4 is 21.9 Å². The normalized spacial score (nSPS) is 19.6. The Kier molecular flexibility index (Phi) is 5.56. The molecule has 2 unspecified atom stereocenters. The molecule has 2 amide bonds. The molecule has 1 aromatic carbocycles. The Labute approximate surface area is 142 Å². The monoisotopic (exact) mass is 351 g/mol. The first-order chi connectivity index (χ1) is 11.3. The van der Waals surface area contributed by atoms with E-state index in [1.165, 1.54) is 12.1 Å². The minimum absolute atomic E-state index is 0.0466. The van der Waals surface area contributed by atoms with Crippen LogP contribution in [-0.4, -0.2) is 38.3 Å². The Bertz CT molecular complexity index is 739. The number of hydrogen-bond donors (Lipinski definition) is 0. The molecule has 1 fully saturated rings. The summed E-state index contributed by atoms with van der Waals surface area (Å²) in [6, 6.07) is 6.26. The van der Waals surface area contributed by atoms with E-state index < -0.39 is 16.0 Å². The van der Waals surface area contributed by atoms with E-state index in [-0.39, 0.29) is 42.2 Å². The van der Waals surface area contributed by atoms with Gasteiger partial charge in [-0.2, -0.15) is 8.42 Å². The fraction of sp³-hybridized carbons (Fsp3) is 0.412. The zero-order valence-electron chi connectivity index (χ0n) is 13.8. The minimum Gasteiger partial charge on any atom is -0.280 e. The molecule has 0 aromatic heterocycles. The zero-order valence-corrected chi connectivity index (χ0v) is 14.6. The lowest BCUT2D eigenvalue weighted by molar-refractivity contribution is -0.140. The van der Waals surface area contributed by atoms with Crippen molar-refractivity contribution in [3.05, 3.63) is 42.5 Å². The van der Waals surface area contributed by atoms with Gasteiger partial charge in [0.05, 0.1) is 24.0 Å². The first kappa shape index (κ1) is 18.4. The summed E-state index contributed by atoms with van der Waals surface area (Å²) in [5, 5.41) is 0. The molecule has 0 bridgehead atoms. The molecule has 1 aliphatic rings. The Morgan fingerprint density at radius 2 is 1.96 bits per heavy atom. The Hall–Kier alpha value is -1.99. The number of imide groups is 1. The van der Waals surface area contributed by atoms with Crippen molar-refractivity contribution < 1.29 is 22.2 Å². The Balaban J connectivity index is 1.96. The average Bonchev–Trinajstić information content (AvgIpc) is 2.82. The number of carbonyl (C=O) groups is 2. The van der Waals surface area contributed by atoms with Crippen molar-refractivity contribution in [1.29, 1.82) is 0 Å². The number of rotatable bonds is 7. The first-order valence-electron chi connectivity index (χ1n) is 7.69. The van der Waals surface area contributed by atoms with Crippen LogP contribution in [0.4, 0.5) is 0 Å². The van der Waals surface area contributed by atoms with Gasteiger partial charge in [-0.15, -0.1) is 6.58 Å². The molecule has 1 aromatic rings. The summed E-state index contributed by atoms with van der Waals surface area (Å²) in [6.07, 6.45) is 1.76. The first-order valence-corrected chi connectivity index (χ1v) is 9.10. The topological polar surface area (TPSA) is 80.8 Å². The van der Waals surface area contributed by atoms with E-state index in [0.29, 0.717) is 0 Å². The molecule has 0 aliphatic carbocycles. The van der Waals surface area contributed by atoms with Crippen molar-refractivity contribution in [3.8, 4) is 0 Å². The number of hydrogen-bond acceptors (Lipinski definition) is 5. The van der Waals surface area contributed by atoms with Crippen molar-refractivity contribution in [2.75, 3.05) is 13.2 Å². The standard InChI is InChI=1S/C17H21NO5S/c1-4-13(3)15-11-16(19)18(17(15)20)9-10-23-24(21,22)14-7-5-12(2)6-8-14/h4-8,13,15H,1,9-11H2,2-3H3. The molecule has 0 spiro atoms. The lowest BCUT2D eigenvalue weighted by Gasteiger charge is -2.16. The lowest BCUT2D eigenvalue weighted by atomic mass is 9.93. The van der Waals surface area contributed by atoms with Crippen LogP contribution in [0.25, 0.3) is 0 Å². The maximum atomic E-state index is 12.2. The summed E-state index contributed by atoms with van der Waals surface area (Å²) in [5.74, 6) is -1.15. The van der Waals surface area contributed by atoms with Gasteiger partial charge in [0, 0.05) is 6.42 Å². The van der Waals surface area contributed by atoms with Crippen LogP contribution in [0.2, 0.25) is 0 Å². The highest BCUT2D eigenvalue weighted by Crippen LogP contribution is 2.27. The van der Waals surface area contributed by atoms with Crippen LogP contribution in [-0.2, 0) is 23.9 Å². The summed E-state index contributed by atoms with van der Waals surface area (Å²) < 4.78 is 29.1. The molecule has 0 N–H and O–H groups in total. The number of amides is 2. The van der Waals surface area contributed by atoms with Crippen LogP contribution in [0.15, 0.2) is 41.8 Å². The second-order valence-corrected chi connectivity index (χ2v) is 7.49. The molecule has 0 saturated carbocycles. The van der Waals surface area contributed by atoms with Crippen LogP contribution >= 0.6 is 0 Å². The minimum atomic E-state index is -3.90. The van der Waals surface area contributed by atoms with E-state index in [1.54, 1.807) is 18.2 Å². The van der Waals surface area contributed by atoms with Crippen LogP contribution in [0.1, 0.15) is 18.9 Å².